The SMILES string of the molecule is Cc1ccc2c(c1)C1(SCC(=O)N1c1cccc(F)c1)C(=O)N2CC(=O)Nc1ccccc1. The van der Waals surface area contributed by atoms with Crippen molar-refractivity contribution in [2.75, 3.05) is 27.4 Å². The Labute approximate surface area is 194 Å². The maximum absolute atomic E-state index is 14.0. The van der Waals surface area contributed by atoms with Gasteiger partial charge in [0.25, 0.3) is 5.91 Å². The molecule has 3 aromatic rings. The van der Waals surface area contributed by atoms with E-state index in [0.717, 1.165) is 5.56 Å². The molecule has 0 radical (unpaired) electrons. The van der Waals surface area contributed by atoms with Gasteiger partial charge in [0.05, 0.1) is 11.4 Å². The molecule has 1 atom stereocenters. The van der Waals surface area contributed by atoms with Gasteiger partial charge in [0.2, 0.25) is 16.7 Å². The summed E-state index contributed by atoms with van der Waals surface area (Å²) in [5.41, 5.74) is 3.04. The van der Waals surface area contributed by atoms with E-state index in [1.54, 1.807) is 36.4 Å². The first-order valence-electron chi connectivity index (χ1n) is 10.4. The molecule has 5 rings (SSSR count). The molecular formula is C25H20FN3O3S. The number of carbonyl (C=O) groups excluding carboxylic acids is 3. The van der Waals surface area contributed by atoms with Gasteiger partial charge in [-0.15, -0.1) is 11.8 Å². The first kappa shape index (κ1) is 21.2. The third kappa shape index (κ3) is 3.47. The fourth-order valence-corrected chi connectivity index (χ4v) is 5.70. The maximum Gasteiger partial charge on any atom is 0.269 e. The highest BCUT2D eigenvalue weighted by atomic mass is 32.2. The number of thioether (sulfide) groups is 1. The molecule has 1 fully saturated rings. The van der Waals surface area contributed by atoms with Crippen molar-refractivity contribution in [2.24, 2.45) is 0 Å². The highest BCUT2D eigenvalue weighted by Crippen LogP contribution is 2.55. The van der Waals surface area contributed by atoms with E-state index < -0.39 is 16.6 Å². The number of anilines is 3. The van der Waals surface area contributed by atoms with Gasteiger partial charge in [-0.1, -0.05) is 42.0 Å². The Balaban J connectivity index is 1.56. The number of rotatable bonds is 4. The number of hydrogen-bond donors (Lipinski definition) is 1. The molecule has 1 saturated heterocycles. The quantitative estimate of drug-likeness (QED) is 0.637. The minimum absolute atomic E-state index is 0.0691. The summed E-state index contributed by atoms with van der Waals surface area (Å²) >= 11 is 1.19. The van der Waals surface area contributed by atoms with Crippen molar-refractivity contribution in [3.05, 3.63) is 89.7 Å². The normalized spacial score (nSPS) is 19.3. The molecule has 166 valence electrons. The average Bonchev–Trinajstić information content (AvgIpc) is 3.25. The van der Waals surface area contributed by atoms with Crippen molar-refractivity contribution in [1.29, 1.82) is 0 Å². The zero-order valence-corrected chi connectivity index (χ0v) is 18.6. The Morgan fingerprint density at radius 1 is 1.06 bits per heavy atom. The number of nitrogens with zero attached hydrogens (tertiary/aromatic N) is 2. The van der Waals surface area contributed by atoms with Crippen LogP contribution in [0.2, 0.25) is 0 Å². The zero-order valence-electron chi connectivity index (χ0n) is 17.7. The predicted molar refractivity (Wildman–Crippen MR) is 127 cm³/mol. The van der Waals surface area contributed by atoms with Crippen LogP contribution >= 0.6 is 11.8 Å². The van der Waals surface area contributed by atoms with Gasteiger partial charge in [-0.2, -0.15) is 0 Å². The van der Waals surface area contributed by atoms with Crippen molar-refractivity contribution < 1.29 is 18.8 Å². The van der Waals surface area contributed by atoms with Crippen molar-refractivity contribution in [3.63, 3.8) is 0 Å². The first-order valence-corrected chi connectivity index (χ1v) is 11.4. The van der Waals surface area contributed by atoms with E-state index in [4.69, 9.17) is 0 Å². The van der Waals surface area contributed by atoms with Gasteiger partial charge >= 0.3 is 0 Å². The van der Waals surface area contributed by atoms with Gasteiger partial charge in [0, 0.05) is 16.9 Å². The van der Waals surface area contributed by atoms with E-state index in [9.17, 15) is 18.8 Å². The molecule has 1 unspecified atom stereocenters. The summed E-state index contributed by atoms with van der Waals surface area (Å²) in [4.78, 5) is 41.1. The smallest absolute Gasteiger partial charge is 0.269 e. The molecule has 8 heteroatoms. The summed E-state index contributed by atoms with van der Waals surface area (Å²) in [5.74, 6) is -1.47. The lowest BCUT2D eigenvalue weighted by Gasteiger charge is -2.33. The minimum Gasteiger partial charge on any atom is -0.325 e. The minimum atomic E-state index is -1.39. The summed E-state index contributed by atoms with van der Waals surface area (Å²) in [5, 5.41) is 2.80. The monoisotopic (exact) mass is 461 g/mol. The average molecular weight is 462 g/mol. The van der Waals surface area contributed by atoms with E-state index >= 15 is 0 Å². The molecule has 0 aliphatic carbocycles. The molecule has 33 heavy (non-hydrogen) atoms. The fourth-order valence-electron chi connectivity index (χ4n) is 4.35. The van der Waals surface area contributed by atoms with E-state index in [1.165, 1.54) is 39.8 Å². The second-order valence-electron chi connectivity index (χ2n) is 7.97. The van der Waals surface area contributed by atoms with Crippen LogP contribution in [0.15, 0.2) is 72.8 Å². The number of amides is 3. The van der Waals surface area contributed by atoms with Crippen LogP contribution in [0.5, 0.6) is 0 Å². The summed E-state index contributed by atoms with van der Waals surface area (Å²) in [7, 11) is 0. The molecule has 2 aliphatic rings. The van der Waals surface area contributed by atoms with E-state index in [-0.39, 0.29) is 24.1 Å². The number of para-hydroxylation sites is 1. The number of nitrogens with one attached hydrogen (secondary N) is 1. The topological polar surface area (TPSA) is 69.7 Å². The van der Waals surface area contributed by atoms with Gasteiger partial charge in [-0.05, 0) is 43.3 Å². The molecule has 3 aromatic carbocycles. The molecule has 0 bridgehead atoms. The van der Waals surface area contributed by atoms with Crippen LogP contribution in [0.4, 0.5) is 21.5 Å². The molecule has 1 N–H and O–H groups in total. The second kappa shape index (κ2) is 8.04. The van der Waals surface area contributed by atoms with Crippen LogP contribution in [0.1, 0.15) is 11.1 Å². The summed E-state index contributed by atoms with van der Waals surface area (Å²) in [6, 6.07) is 20.2. The summed E-state index contributed by atoms with van der Waals surface area (Å²) < 4.78 is 14.0. The van der Waals surface area contributed by atoms with Gasteiger partial charge < -0.3 is 5.32 Å². The Morgan fingerprint density at radius 2 is 1.85 bits per heavy atom. The van der Waals surface area contributed by atoms with Crippen LogP contribution < -0.4 is 15.1 Å². The number of fused-ring (bicyclic) bond motifs is 2. The maximum atomic E-state index is 14.0. The van der Waals surface area contributed by atoms with Crippen LogP contribution in [0, 0.1) is 12.7 Å². The second-order valence-corrected chi connectivity index (χ2v) is 9.14. The molecule has 6 nitrogen and oxygen atoms in total. The van der Waals surface area contributed by atoms with Gasteiger partial charge in [-0.25, -0.2) is 4.39 Å². The Hall–Kier alpha value is -3.65. The van der Waals surface area contributed by atoms with Gasteiger partial charge in [0.15, 0.2) is 0 Å². The largest absolute Gasteiger partial charge is 0.325 e. The van der Waals surface area contributed by atoms with Gasteiger partial charge in [-0.3, -0.25) is 24.2 Å². The number of aryl methyl sites for hydroxylation is 1. The van der Waals surface area contributed by atoms with Crippen LogP contribution in [0.25, 0.3) is 0 Å². The molecule has 2 aliphatic heterocycles. The van der Waals surface area contributed by atoms with Gasteiger partial charge in [0.1, 0.15) is 12.4 Å². The Kier molecular flexibility index (Phi) is 5.17. The highest BCUT2D eigenvalue weighted by molar-refractivity contribution is 8.02. The lowest BCUT2D eigenvalue weighted by Crippen LogP contribution is -2.51. The van der Waals surface area contributed by atoms with Crippen LogP contribution in [0.3, 0.4) is 0 Å². The number of carbonyl (C=O) groups is 3. The number of halogens is 1. The summed E-state index contributed by atoms with van der Waals surface area (Å²) in [6.45, 7) is 1.69. The van der Waals surface area contributed by atoms with Crippen LogP contribution in [-0.4, -0.2) is 30.0 Å². The van der Waals surface area contributed by atoms with Crippen molar-refractivity contribution in [1.82, 2.24) is 0 Å². The predicted octanol–water partition coefficient (Wildman–Crippen LogP) is 4.05. The highest BCUT2D eigenvalue weighted by Gasteiger charge is 2.61. The molecule has 1 spiro atoms. The molecule has 0 aromatic heterocycles. The van der Waals surface area contributed by atoms with Crippen molar-refractivity contribution >= 4 is 46.5 Å². The Morgan fingerprint density at radius 3 is 2.61 bits per heavy atom. The first-order chi connectivity index (χ1) is 15.9. The summed E-state index contributed by atoms with van der Waals surface area (Å²) in [6.07, 6.45) is 0. The lowest BCUT2D eigenvalue weighted by molar-refractivity contribution is -0.124. The molecule has 3 amide bonds. The van der Waals surface area contributed by atoms with Crippen LogP contribution in [-0.2, 0) is 19.3 Å². The van der Waals surface area contributed by atoms with Crippen molar-refractivity contribution in [2.45, 2.75) is 11.8 Å². The lowest BCUT2D eigenvalue weighted by atomic mass is 10.0. The zero-order chi connectivity index (χ0) is 23.2. The molecule has 0 saturated carbocycles. The third-order valence-corrected chi connectivity index (χ3v) is 7.12. The van der Waals surface area contributed by atoms with E-state index in [1.807, 2.05) is 25.1 Å². The Bertz CT molecular complexity index is 1280. The molecular weight excluding hydrogens is 441 g/mol. The standard InChI is InChI=1S/C25H20FN3O3S/c1-16-10-11-21-20(12-16)25(29(23(31)15-33-25)19-9-5-6-17(26)13-19)24(32)28(21)14-22(30)27-18-7-3-2-4-8-18/h2-13H,14-15H2,1H3,(H,27,30). The van der Waals surface area contributed by atoms with Crippen molar-refractivity contribution in [3.8, 4) is 0 Å². The fraction of sp³-hybridized carbons (Fsp3) is 0.160. The molecule has 2 heterocycles. The van der Waals surface area contributed by atoms with E-state index in [2.05, 4.69) is 5.32 Å². The third-order valence-electron chi connectivity index (χ3n) is 5.74. The van der Waals surface area contributed by atoms with E-state index in [0.29, 0.717) is 22.6 Å². The number of hydrogen-bond acceptors (Lipinski definition) is 4. The number of benzene rings is 3.